The number of amides is 1. The number of rotatable bonds is 4. The van der Waals surface area contributed by atoms with Crippen LogP contribution in [0.4, 0.5) is 5.82 Å². The summed E-state index contributed by atoms with van der Waals surface area (Å²) in [4.78, 5) is 22.8. The zero-order chi connectivity index (χ0) is 23.9. The van der Waals surface area contributed by atoms with Crippen LogP contribution in [0.3, 0.4) is 0 Å². The number of allylic oxidation sites excluding steroid dienone is 2. The topological polar surface area (TPSA) is 86.3 Å². The lowest BCUT2D eigenvalue weighted by molar-refractivity contribution is -0.128. The number of likely N-dealkylation sites (tertiary alicyclic amines) is 1. The quantitative estimate of drug-likeness (QED) is 0.579. The highest BCUT2D eigenvalue weighted by Crippen LogP contribution is 2.48. The number of nitrogens with zero attached hydrogens (tertiary/aromatic N) is 4. The molecule has 1 aromatic carbocycles. The predicted molar refractivity (Wildman–Crippen MR) is 135 cm³/mol. The number of carbonyl (C=O) groups is 1. The van der Waals surface area contributed by atoms with Crippen molar-refractivity contribution in [2.45, 2.75) is 32.1 Å². The standard InChI is InChI=1S/C27H31N5O2/c1-4-21(33)32-15-13-27(14-16-32)11-9-19(10-12-27)24-22(18-5-7-20(34-3)8-6-18)23-25(28)29-17-30-26(23)31(24)2/h4-9,17H,1,10-16H2,2-3H3,(H2,28,29,30). The Bertz CT molecular complexity index is 1280. The zero-order valence-corrected chi connectivity index (χ0v) is 19.9. The van der Waals surface area contributed by atoms with E-state index in [-0.39, 0.29) is 11.3 Å². The molecule has 0 atom stereocenters. The summed E-state index contributed by atoms with van der Waals surface area (Å²) in [6, 6.07) is 8.09. The van der Waals surface area contributed by atoms with Gasteiger partial charge in [0.1, 0.15) is 23.5 Å². The summed E-state index contributed by atoms with van der Waals surface area (Å²) < 4.78 is 7.52. The molecule has 2 N–H and O–H groups in total. The summed E-state index contributed by atoms with van der Waals surface area (Å²) >= 11 is 0. The molecule has 0 bridgehead atoms. The summed E-state index contributed by atoms with van der Waals surface area (Å²) in [6.45, 7) is 5.25. The second-order valence-electron chi connectivity index (χ2n) is 9.43. The monoisotopic (exact) mass is 457 g/mol. The third kappa shape index (κ3) is 3.65. The molecule has 1 aliphatic carbocycles. The molecular weight excluding hydrogens is 426 g/mol. The van der Waals surface area contributed by atoms with Crippen LogP contribution in [0.1, 0.15) is 37.8 Å². The number of hydrogen-bond donors (Lipinski definition) is 1. The fraction of sp³-hybridized carbons (Fsp3) is 0.370. The lowest BCUT2D eigenvalue weighted by Crippen LogP contribution is -2.43. The minimum atomic E-state index is 0.0419. The van der Waals surface area contributed by atoms with E-state index in [1.165, 1.54) is 18.0 Å². The van der Waals surface area contributed by atoms with Crippen molar-refractivity contribution in [3.05, 3.63) is 55.0 Å². The number of ether oxygens (including phenoxy) is 1. The van der Waals surface area contributed by atoms with E-state index in [0.717, 1.165) is 78.8 Å². The van der Waals surface area contributed by atoms with Crippen LogP contribution in [0, 0.1) is 5.41 Å². The molecule has 3 aromatic rings. The van der Waals surface area contributed by atoms with Gasteiger partial charge in [-0.25, -0.2) is 9.97 Å². The van der Waals surface area contributed by atoms with Gasteiger partial charge in [0.15, 0.2) is 0 Å². The zero-order valence-electron chi connectivity index (χ0n) is 19.9. The van der Waals surface area contributed by atoms with Crippen LogP contribution >= 0.6 is 0 Å². The Kier molecular flexibility index (Phi) is 5.63. The number of aromatic nitrogens is 3. The Morgan fingerprint density at radius 3 is 2.53 bits per heavy atom. The molecule has 1 aliphatic heterocycles. The van der Waals surface area contributed by atoms with E-state index in [1.807, 2.05) is 17.0 Å². The van der Waals surface area contributed by atoms with Gasteiger partial charge < -0.3 is 19.9 Å². The van der Waals surface area contributed by atoms with Crippen molar-refractivity contribution < 1.29 is 9.53 Å². The molecule has 176 valence electrons. The van der Waals surface area contributed by atoms with Crippen molar-refractivity contribution in [3.63, 3.8) is 0 Å². The molecule has 34 heavy (non-hydrogen) atoms. The van der Waals surface area contributed by atoms with Crippen molar-refractivity contribution in [1.29, 1.82) is 0 Å². The van der Waals surface area contributed by atoms with Gasteiger partial charge in [-0.3, -0.25) is 4.79 Å². The average Bonchev–Trinajstić information content (AvgIpc) is 3.18. The Labute approximate surface area is 199 Å². The molecule has 2 aromatic heterocycles. The predicted octanol–water partition coefficient (Wildman–Crippen LogP) is 4.59. The van der Waals surface area contributed by atoms with Crippen LogP contribution in [-0.2, 0) is 11.8 Å². The average molecular weight is 458 g/mol. The SMILES string of the molecule is C=CC(=O)N1CCC2(CC=C(c3c(-c4ccc(OC)cc4)c4c(N)ncnc4n3C)CC2)CC1. The summed E-state index contributed by atoms with van der Waals surface area (Å²) in [5.74, 6) is 1.35. The highest BCUT2D eigenvalue weighted by Gasteiger charge is 2.37. The van der Waals surface area contributed by atoms with E-state index in [0.29, 0.717) is 5.82 Å². The van der Waals surface area contributed by atoms with Crippen molar-refractivity contribution in [1.82, 2.24) is 19.4 Å². The highest BCUT2D eigenvalue weighted by molar-refractivity contribution is 6.06. The number of nitrogens with two attached hydrogens (primary N) is 1. The van der Waals surface area contributed by atoms with Crippen molar-refractivity contribution in [2.24, 2.45) is 12.5 Å². The lowest BCUT2D eigenvalue weighted by Gasteiger charge is -2.43. The Morgan fingerprint density at radius 2 is 1.91 bits per heavy atom. The molecule has 1 saturated heterocycles. The molecular formula is C27H31N5O2. The van der Waals surface area contributed by atoms with Crippen LogP contribution in [0.25, 0.3) is 27.7 Å². The summed E-state index contributed by atoms with van der Waals surface area (Å²) in [5, 5.41) is 0.891. The van der Waals surface area contributed by atoms with Crippen molar-refractivity contribution >= 4 is 28.3 Å². The fourth-order valence-electron chi connectivity index (χ4n) is 5.63. The molecule has 1 spiro atoms. The van der Waals surface area contributed by atoms with Gasteiger partial charge in [-0.15, -0.1) is 0 Å². The molecule has 1 fully saturated rings. The van der Waals surface area contributed by atoms with E-state index in [1.54, 1.807) is 7.11 Å². The number of carbonyl (C=O) groups excluding carboxylic acids is 1. The lowest BCUT2D eigenvalue weighted by atomic mass is 9.68. The third-order valence-corrected chi connectivity index (χ3v) is 7.70. The van der Waals surface area contributed by atoms with E-state index in [2.05, 4.69) is 46.4 Å². The van der Waals surface area contributed by atoms with E-state index in [9.17, 15) is 4.79 Å². The first-order valence-electron chi connectivity index (χ1n) is 11.8. The normalized spacial score (nSPS) is 17.6. The smallest absolute Gasteiger partial charge is 0.245 e. The fourth-order valence-corrected chi connectivity index (χ4v) is 5.63. The Balaban J connectivity index is 1.53. The maximum atomic E-state index is 12.0. The molecule has 5 rings (SSSR count). The number of piperidine rings is 1. The minimum absolute atomic E-state index is 0.0419. The summed E-state index contributed by atoms with van der Waals surface area (Å²) in [5.41, 5.74) is 12.1. The molecule has 0 saturated carbocycles. The van der Waals surface area contributed by atoms with Crippen LogP contribution in [0.15, 0.2) is 49.3 Å². The first-order chi connectivity index (χ1) is 16.5. The van der Waals surface area contributed by atoms with Crippen LogP contribution in [0.2, 0.25) is 0 Å². The molecule has 0 unspecified atom stereocenters. The molecule has 2 aliphatic rings. The van der Waals surface area contributed by atoms with Gasteiger partial charge >= 0.3 is 0 Å². The van der Waals surface area contributed by atoms with Gasteiger partial charge in [-0.2, -0.15) is 0 Å². The van der Waals surface area contributed by atoms with Gasteiger partial charge in [0.25, 0.3) is 0 Å². The van der Waals surface area contributed by atoms with E-state index >= 15 is 0 Å². The number of anilines is 1. The molecule has 0 radical (unpaired) electrons. The van der Waals surface area contributed by atoms with Gasteiger partial charge in [-0.05, 0) is 66.9 Å². The number of benzene rings is 1. The van der Waals surface area contributed by atoms with Gasteiger partial charge in [0.2, 0.25) is 5.91 Å². The first-order valence-corrected chi connectivity index (χ1v) is 11.8. The second kappa shape index (κ2) is 8.63. The molecule has 7 nitrogen and oxygen atoms in total. The van der Waals surface area contributed by atoms with Crippen molar-refractivity contribution in [2.75, 3.05) is 25.9 Å². The molecule has 7 heteroatoms. The number of methoxy groups -OCH3 is 1. The molecule has 3 heterocycles. The number of hydrogen-bond acceptors (Lipinski definition) is 5. The number of fused-ring (bicyclic) bond motifs is 1. The van der Waals surface area contributed by atoms with Crippen LogP contribution in [-0.4, -0.2) is 45.5 Å². The second-order valence-corrected chi connectivity index (χ2v) is 9.43. The van der Waals surface area contributed by atoms with Crippen molar-refractivity contribution in [3.8, 4) is 16.9 Å². The number of aryl methyl sites for hydroxylation is 1. The largest absolute Gasteiger partial charge is 0.497 e. The first kappa shape index (κ1) is 22.2. The van der Waals surface area contributed by atoms with Gasteiger partial charge in [-0.1, -0.05) is 24.8 Å². The molecule has 1 amide bonds. The summed E-state index contributed by atoms with van der Waals surface area (Å²) in [7, 11) is 3.73. The maximum Gasteiger partial charge on any atom is 0.245 e. The number of nitrogen functional groups attached to an aromatic ring is 1. The van der Waals surface area contributed by atoms with Gasteiger partial charge in [0.05, 0.1) is 18.2 Å². The Hall–Kier alpha value is -3.61. The summed E-state index contributed by atoms with van der Waals surface area (Å²) in [6.07, 6.45) is 10.5. The van der Waals surface area contributed by atoms with Gasteiger partial charge in [0, 0.05) is 25.7 Å². The maximum absolute atomic E-state index is 12.0. The third-order valence-electron chi connectivity index (χ3n) is 7.70. The Morgan fingerprint density at radius 1 is 1.18 bits per heavy atom. The highest BCUT2D eigenvalue weighted by atomic mass is 16.5. The van der Waals surface area contributed by atoms with Crippen LogP contribution in [0.5, 0.6) is 5.75 Å². The van der Waals surface area contributed by atoms with E-state index < -0.39 is 0 Å². The minimum Gasteiger partial charge on any atom is -0.497 e. The van der Waals surface area contributed by atoms with Crippen LogP contribution < -0.4 is 10.5 Å². The van der Waals surface area contributed by atoms with E-state index in [4.69, 9.17) is 10.5 Å².